The SMILES string of the molecule is CC(C)[C@@H](C(=O)O)N(C(=O)CC(N)N)N1C(=O)C=CC1=O. The number of carboxylic acids is 1. The van der Waals surface area contributed by atoms with Crippen molar-refractivity contribution in [2.24, 2.45) is 17.4 Å². The topological polar surface area (TPSA) is 147 Å². The Morgan fingerprint density at radius 1 is 1.24 bits per heavy atom. The van der Waals surface area contributed by atoms with Gasteiger partial charge in [0.15, 0.2) is 6.04 Å². The largest absolute Gasteiger partial charge is 0.480 e. The van der Waals surface area contributed by atoms with Crippen molar-refractivity contribution in [3.05, 3.63) is 12.2 Å². The molecule has 0 saturated heterocycles. The zero-order valence-corrected chi connectivity index (χ0v) is 11.7. The smallest absolute Gasteiger partial charge is 0.328 e. The Morgan fingerprint density at radius 3 is 2.05 bits per heavy atom. The summed E-state index contributed by atoms with van der Waals surface area (Å²) in [6.07, 6.45) is 0.504. The summed E-state index contributed by atoms with van der Waals surface area (Å²) in [6, 6.07) is -1.39. The Morgan fingerprint density at radius 2 is 1.71 bits per heavy atom. The molecular weight excluding hydrogens is 280 g/mol. The van der Waals surface area contributed by atoms with Crippen LogP contribution in [0.25, 0.3) is 0 Å². The van der Waals surface area contributed by atoms with Gasteiger partial charge in [-0.15, -0.1) is 0 Å². The molecule has 0 spiro atoms. The maximum atomic E-state index is 12.2. The Hall–Kier alpha value is -2.26. The van der Waals surface area contributed by atoms with E-state index in [9.17, 15) is 24.3 Å². The van der Waals surface area contributed by atoms with E-state index in [4.69, 9.17) is 11.5 Å². The number of carbonyl (C=O) groups is 4. The lowest BCUT2D eigenvalue weighted by Gasteiger charge is -2.36. The average molecular weight is 298 g/mol. The first-order valence-electron chi connectivity index (χ1n) is 6.28. The molecule has 0 bridgehead atoms. The zero-order chi connectivity index (χ0) is 16.3. The van der Waals surface area contributed by atoms with Crippen LogP contribution in [0.4, 0.5) is 0 Å². The van der Waals surface area contributed by atoms with Gasteiger partial charge in [-0.25, -0.2) is 9.80 Å². The Kier molecular flexibility index (Phi) is 5.17. The lowest BCUT2D eigenvalue weighted by atomic mass is 10.0. The third-order valence-corrected chi connectivity index (χ3v) is 2.82. The van der Waals surface area contributed by atoms with Gasteiger partial charge in [0.25, 0.3) is 11.8 Å². The van der Waals surface area contributed by atoms with Gasteiger partial charge in [0.1, 0.15) is 0 Å². The van der Waals surface area contributed by atoms with Gasteiger partial charge in [-0.05, 0) is 5.92 Å². The van der Waals surface area contributed by atoms with Crippen LogP contribution in [0.2, 0.25) is 0 Å². The minimum absolute atomic E-state index is 0.395. The quantitative estimate of drug-likeness (QED) is 0.395. The molecule has 0 aromatic rings. The second kappa shape index (κ2) is 6.46. The predicted molar refractivity (Wildman–Crippen MR) is 70.9 cm³/mol. The van der Waals surface area contributed by atoms with Crippen molar-refractivity contribution in [2.45, 2.75) is 32.5 Å². The van der Waals surface area contributed by atoms with Gasteiger partial charge in [-0.3, -0.25) is 14.4 Å². The lowest BCUT2D eigenvalue weighted by Crippen LogP contribution is -2.59. The van der Waals surface area contributed by atoms with Crippen LogP contribution in [0.1, 0.15) is 20.3 Å². The van der Waals surface area contributed by atoms with Crippen molar-refractivity contribution < 1.29 is 24.3 Å². The number of nitrogens with zero attached hydrogens (tertiary/aromatic N) is 2. The van der Waals surface area contributed by atoms with Gasteiger partial charge >= 0.3 is 5.97 Å². The summed E-state index contributed by atoms with van der Waals surface area (Å²) in [6.45, 7) is 3.11. The van der Waals surface area contributed by atoms with E-state index in [-0.39, 0.29) is 0 Å². The van der Waals surface area contributed by atoms with E-state index in [1.165, 1.54) is 0 Å². The van der Waals surface area contributed by atoms with Crippen LogP contribution in [-0.4, -0.2) is 51.0 Å². The predicted octanol–water partition coefficient (Wildman–Crippen LogP) is -1.60. The maximum absolute atomic E-state index is 12.2. The first-order chi connectivity index (χ1) is 9.66. The second-order valence-corrected chi connectivity index (χ2v) is 4.95. The van der Waals surface area contributed by atoms with E-state index in [0.29, 0.717) is 10.0 Å². The third-order valence-electron chi connectivity index (χ3n) is 2.82. The van der Waals surface area contributed by atoms with Crippen molar-refractivity contribution in [3.8, 4) is 0 Å². The molecule has 3 amide bonds. The molecule has 1 heterocycles. The summed E-state index contributed by atoms with van der Waals surface area (Å²) in [5.74, 6) is -4.26. The highest BCUT2D eigenvalue weighted by Crippen LogP contribution is 2.19. The van der Waals surface area contributed by atoms with Gasteiger partial charge in [-0.1, -0.05) is 13.8 Å². The van der Waals surface area contributed by atoms with E-state index >= 15 is 0 Å². The normalized spacial score (nSPS) is 16.0. The number of rotatable bonds is 6. The third kappa shape index (κ3) is 3.64. The van der Waals surface area contributed by atoms with Gasteiger partial charge in [0, 0.05) is 12.2 Å². The molecule has 9 nitrogen and oxygen atoms in total. The van der Waals surface area contributed by atoms with Crippen molar-refractivity contribution in [3.63, 3.8) is 0 Å². The van der Waals surface area contributed by atoms with Crippen LogP contribution in [-0.2, 0) is 19.2 Å². The Labute approximate surface area is 121 Å². The summed E-state index contributed by atoms with van der Waals surface area (Å²) in [5.41, 5.74) is 10.7. The van der Waals surface area contributed by atoms with E-state index in [2.05, 4.69) is 0 Å². The number of carboxylic acid groups (broad SMARTS) is 1. The molecule has 0 fully saturated rings. The molecule has 1 aliphatic heterocycles. The number of aliphatic carboxylic acids is 1. The highest BCUT2D eigenvalue weighted by atomic mass is 16.4. The molecule has 0 radical (unpaired) electrons. The van der Waals surface area contributed by atoms with Crippen molar-refractivity contribution in [1.29, 1.82) is 0 Å². The van der Waals surface area contributed by atoms with Crippen LogP contribution in [0.15, 0.2) is 12.2 Å². The van der Waals surface area contributed by atoms with Gasteiger partial charge in [-0.2, -0.15) is 5.01 Å². The maximum Gasteiger partial charge on any atom is 0.328 e. The number of amides is 3. The Bertz CT molecular complexity index is 482. The number of hydrogen-bond donors (Lipinski definition) is 3. The number of carbonyl (C=O) groups excluding carboxylic acids is 3. The highest BCUT2D eigenvalue weighted by Gasteiger charge is 2.42. The molecule has 0 aromatic heterocycles. The highest BCUT2D eigenvalue weighted by molar-refractivity contribution is 6.13. The summed E-state index contributed by atoms with van der Waals surface area (Å²) in [4.78, 5) is 47.1. The Balaban J connectivity index is 3.22. The molecule has 1 aliphatic rings. The van der Waals surface area contributed by atoms with Crippen molar-refractivity contribution in [2.75, 3.05) is 0 Å². The van der Waals surface area contributed by atoms with Crippen molar-refractivity contribution >= 4 is 23.7 Å². The molecule has 0 saturated carbocycles. The molecule has 21 heavy (non-hydrogen) atoms. The molecule has 5 N–H and O–H groups in total. The van der Waals surface area contributed by atoms with Gasteiger partial charge in [0.05, 0.1) is 12.6 Å². The van der Waals surface area contributed by atoms with Crippen LogP contribution in [0, 0.1) is 5.92 Å². The number of imide groups is 1. The molecular formula is C12H18N4O5. The minimum atomic E-state index is -1.39. The average Bonchev–Trinajstić information content (AvgIpc) is 2.64. The zero-order valence-electron chi connectivity index (χ0n) is 11.7. The minimum Gasteiger partial charge on any atom is -0.480 e. The fourth-order valence-electron chi connectivity index (χ4n) is 1.96. The standard InChI is InChI=1S/C12H18N4O5/c1-6(2)11(12(20)21)16(10(19)5-7(13)14)15-8(17)3-4-9(15)18/h3-4,6-7,11H,5,13-14H2,1-2H3,(H,20,21)/t11-/m0/s1. The summed E-state index contributed by atoms with van der Waals surface area (Å²) in [7, 11) is 0. The molecule has 0 aromatic carbocycles. The van der Waals surface area contributed by atoms with E-state index in [1.807, 2.05) is 0 Å². The molecule has 116 valence electrons. The van der Waals surface area contributed by atoms with Crippen molar-refractivity contribution in [1.82, 2.24) is 10.0 Å². The fraction of sp³-hybridized carbons (Fsp3) is 0.500. The van der Waals surface area contributed by atoms with Crippen LogP contribution in [0.3, 0.4) is 0 Å². The van der Waals surface area contributed by atoms with E-state index in [1.54, 1.807) is 13.8 Å². The lowest BCUT2D eigenvalue weighted by molar-refractivity contribution is -0.180. The molecule has 0 unspecified atom stereocenters. The number of hydrogen-bond acceptors (Lipinski definition) is 6. The second-order valence-electron chi connectivity index (χ2n) is 4.95. The van der Waals surface area contributed by atoms with E-state index < -0.39 is 48.2 Å². The first-order valence-corrected chi connectivity index (χ1v) is 6.28. The number of hydrazine groups is 1. The van der Waals surface area contributed by atoms with E-state index in [0.717, 1.165) is 12.2 Å². The van der Waals surface area contributed by atoms with Crippen LogP contribution >= 0.6 is 0 Å². The molecule has 0 aliphatic carbocycles. The van der Waals surface area contributed by atoms with Gasteiger partial charge < -0.3 is 16.6 Å². The van der Waals surface area contributed by atoms with Gasteiger partial charge in [0.2, 0.25) is 5.91 Å². The summed E-state index contributed by atoms with van der Waals surface area (Å²) in [5, 5.41) is 10.4. The summed E-state index contributed by atoms with van der Waals surface area (Å²) >= 11 is 0. The first kappa shape index (κ1) is 16.8. The molecule has 1 atom stereocenters. The van der Waals surface area contributed by atoms with Crippen LogP contribution < -0.4 is 11.5 Å². The van der Waals surface area contributed by atoms with Crippen LogP contribution in [0.5, 0.6) is 0 Å². The fourth-order valence-corrected chi connectivity index (χ4v) is 1.96. The summed E-state index contributed by atoms with van der Waals surface area (Å²) < 4.78 is 0. The molecule has 1 rings (SSSR count). The monoisotopic (exact) mass is 298 g/mol. The molecule has 9 heteroatoms. The number of nitrogens with two attached hydrogens (primary N) is 2.